The van der Waals surface area contributed by atoms with Crippen molar-refractivity contribution in [3.63, 3.8) is 0 Å². The van der Waals surface area contributed by atoms with E-state index in [2.05, 4.69) is 56.4 Å². The Balaban J connectivity index is 4.30. The molecule has 0 radical (unpaired) electrons. The molecule has 88 valence electrons. The van der Waals surface area contributed by atoms with Gasteiger partial charge in [0.2, 0.25) is 0 Å². The summed E-state index contributed by atoms with van der Waals surface area (Å²) in [5, 5.41) is 0.274. The van der Waals surface area contributed by atoms with Crippen LogP contribution in [-0.4, -0.2) is 14.9 Å². The smallest absolute Gasteiger partial charge is 0.192 e. The average Bonchev–Trinajstić information content (AvgIpc) is 2.01. The van der Waals surface area contributed by atoms with E-state index in [4.69, 9.17) is 4.43 Å². The van der Waals surface area contributed by atoms with Crippen LogP contribution in [0.5, 0.6) is 0 Å². The molecule has 0 bridgehead atoms. The summed E-state index contributed by atoms with van der Waals surface area (Å²) >= 11 is 3.46. The highest BCUT2D eigenvalue weighted by atomic mass is 79.9. The number of hydrogen-bond donors (Lipinski definition) is 0. The first kappa shape index (κ1) is 15.1. The minimum absolute atomic E-state index is 0.274. The van der Waals surface area contributed by atoms with Crippen LogP contribution >= 0.6 is 15.9 Å². The van der Waals surface area contributed by atoms with Gasteiger partial charge in [-0.2, -0.15) is 0 Å². The molecular formula is C12H23BrOSi. The number of allylic oxidation sites excluding steroid dienone is 2. The van der Waals surface area contributed by atoms with Gasteiger partial charge < -0.3 is 4.43 Å². The number of rotatable bonds is 4. The topological polar surface area (TPSA) is 9.23 Å². The molecule has 0 saturated carbocycles. The van der Waals surface area contributed by atoms with Gasteiger partial charge in [0.25, 0.3) is 0 Å². The monoisotopic (exact) mass is 290 g/mol. The van der Waals surface area contributed by atoms with Gasteiger partial charge in [0, 0.05) is 4.48 Å². The van der Waals surface area contributed by atoms with Gasteiger partial charge in [-0.3, -0.25) is 0 Å². The summed E-state index contributed by atoms with van der Waals surface area (Å²) in [5.41, 5.74) is 1.04. The zero-order chi connectivity index (χ0) is 12.3. The second kappa shape index (κ2) is 5.46. The largest absolute Gasteiger partial charge is 0.413 e. The van der Waals surface area contributed by atoms with E-state index in [0.29, 0.717) is 6.61 Å². The van der Waals surface area contributed by atoms with Gasteiger partial charge in [-0.15, -0.1) is 0 Å². The summed E-state index contributed by atoms with van der Waals surface area (Å²) in [4.78, 5) is 0. The molecule has 0 N–H and O–H groups in total. The number of halogens is 1. The van der Waals surface area contributed by atoms with Crippen molar-refractivity contribution in [1.29, 1.82) is 0 Å². The van der Waals surface area contributed by atoms with Gasteiger partial charge in [-0.05, 0) is 36.7 Å². The molecule has 0 fully saturated rings. The van der Waals surface area contributed by atoms with E-state index in [-0.39, 0.29) is 5.04 Å². The standard InChI is InChI=1S/C12H23BrOSi/c1-10(2)11(13)8-9-14-15(6,7)12(3,4)5/h8H,1,9H2,2-7H3/b11-8-. The van der Waals surface area contributed by atoms with Gasteiger partial charge in [-0.25, -0.2) is 0 Å². The summed E-state index contributed by atoms with van der Waals surface area (Å²) in [6, 6.07) is 0. The third kappa shape index (κ3) is 5.14. The summed E-state index contributed by atoms with van der Waals surface area (Å²) < 4.78 is 7.05. The molecule has 0 aliphatic rings. The Kier molecular flexibility index (Phi) is 5.51. The van der Waals surface area contributed by atoms with Crippen molar-refractivity contribution < 1.29 is 4.43 Å². The summed E-state index contributed by atoms with van der Waals surface area (Å²) in [7, 11) is -1.60. The zero-order valence-electron chi connectivity index (χ0n) is 10.8. The predicted octanol–water partition coefficient (Wildman–Crippen LogP) is 4.86. The average molecular weight is 291 g/mol. The first-order valence-corrected chi connectivity index (χ1v) is 8.93. The van der Waals surface area contributed by atoms with Gasteiger partial charge in [0.15, 0.2) is 8.32 Å². The summed E-state index contributed by atoms with van der Waals surface area (Å²) in [6.07, 6.45) is 2.04. The zero-order valence-corrected chi connectivity index (χ0v) is 13.4. The fourth-order valence-corrected chi connectivity index (χ4v) is 1.78. The second-order valence-electron chi connectivity index (χ2n) is 5.40. The van der Waals surface area contributed by atoms with Gasteiger partial charge in [-0.1, -0.05) is 43.3 Å². The third-order valence-corrected chi connectivity index (χ3v) is 8.42. The molecule has 0 heterocycles. The van der Waals surface area contributed by atoms with Crippen LogP contribution in [0.25, 0.3) is 0 Å². The Morgan fingerprint density at radius 3 is 2.20 bits per heavy atom. The Labute approximate surface area is 104 Å². The molecule has 0 amide bonds. The molecule has 0 saturated heterocycles. The maximum absolute atomic E-state index is 6.01. The molecule has 0 aromatic rings. The lowest BCUT2D eigenvalue weighted by atomic mass is 10.2. The van der Waals surface area contributed by atoms with E-state index in [1.54, 1.807) is 0 Å². The molecular weight excluding hydrogens is 268 g/mol. The van der Waals surface area contributed by atoms with E-state index < -0.39 is 8.32 Å². The highest BCUT2D eigenvalue weighted by molar-refractivity contribution is 9.12. The third-order valence-electron chi connectivity index (χ3n) is 2.92. The molecule has 0 rings (SSSR count). The van der Waals surface area contributed by atoms with Crippen molar-refractivity contribution >= 4 is 24.2 Å². The van der Waals surface area contributed by atoms with Crippen molar-refractivity contribution in [2.24, 2.45) is 0 Å². The summed E-state index contributed by atoms with van der Waals surface area (Å²) in [5.74, 6) is 0. The van der Waals surface area contributed by atoms with Crippen LogP contribution in [0.2, 0.25) is 18.1 Å². The van der Waals surface area contributed by atoms with Crippen LogP contribution in [0.4, 0.5) is 0 Å². The lowest BCUT2D eigenvalue weighted by molar-refractivity contribution is 0.328. The van der Waals surface area contributed by atoms with Crippen LogP contribution in [0.1, 0.15) is 27.7 Å². The van der Waals surface area contributed by atoms with Crippen molar-refractivity contribution in [2.75, 3.05) is 6.61 Å². The Morgan fingerprint density at radius 1 is 1.40 bits per heavy atom. The normalized spacial score (nSPS) is 14.2. The van der Waals surface area contributed by atoms with Crippen LogP contribution in [0.3, 0.4) is 0 Å². The van der Waals surface area contributed by atoms with Gasteiger partial charge in [0.05, 0.1) is 6.61 Å². The predicted molar refractivity (Wildman–Crippen MR) is 75.0 cm³/mol. The van der Waals surface area contributed by atoms with E-state index in [0.717, 1.165) is 10.1 Å². The van der Waals surface area contributed by atoms with Gasteiger partial charge in [0.1, 0.15) is 0 Å². The molecule has 0 aromatic heterocycles. The SMILES string of the molecule is C=C(C)/C(Br)=C/CO[Si](C)(C)C(C)(C)C. The summed E-state index contributed by atoms with van der Waals surface area (Å²) in [6.45, 7) is 17.8. The lowest BCUT2D eigenvalue weighted by Gasteiger charge is -2.35. The minimum atomic E-state index is -1.60. The van der Waals surface area contributed by atoms with Crippen molar-refractivity contribution in [2.45, 2.75) is 45.8 Å². The first-order valence-electron chi connectivity index (χ1n) is 5.23. The van der Waals surface area contributed by atoms with E-state index in [1.165, 1.54) is 0 Å². The molecule has 0 spiro atoms. The minimum Gasteiger partial charge on any atom is -0.413 e. The number of hydrogen-bond acceptors (Lipinski definition) is 1. The highest BCUT2D eigenvalue weighted by Gasteiger charge is 2.36. The van der Waals surface area contributed by atoms with Gasteiger partial charge >= 0.3 is 0 Å². The van der Waals surface area contributed by atoms with E-state index in [9.17, 15) is 0 Å². The maximum atomic E-state index is 6.01. The molecule has 1 nitrogen and oxygen atoms in total. The molecule has 0 aromatic carbocycles. The molecule has 0 aliphatic heterocycles. The van der Waals surface area contributed by atoms with Crippen molar-refractivity contribution in [1.82, 2.24) is 0 Å². The van der Waals surface area contributed by atoms with E-state index >= 15 is 0 Å². The molecule has 15 heavy (non-hydrogen) atoms. The molecule has 0 atom stereocenters. The quantitative estimate of drug-likeness (QED) is 0.531. The van der Waals surface area contributed by atoms with E-state index in [1.807, 2.05) is 13.0 Å². The Bertz CT molecular complexity index is 261. The fourth-order valence-electron chi connectivity index (χ4n) is 0.714. The van der Waals surface area contributed by atoms with Crippen LogP contribution < -0.4 is 0 Å². The second-order valence-corrected chi connectivity index (χ2v) is 11.1. The molecule has 3 heteroatoms. The maximum Gasteiger partial charge on any atom is 0.192 e. The van der Waals surface area contributed by atoms with Crippen molar-refractivity contribution in [3.05, 3.63) is 22.7 Å². The first-order chi connectivity index (χ1) is 6.58. The van der Waals surface area contributed by atoms with Crippen molar-refractivity contribution in [3.8, 4) is 0 Å². The Morgan fingerprint density at radius 2 is 1.87 bits per heavy atom. The molecule has 0 unspecified atom stereocenters. The highest BCUT2D eigenvalue weighted by Crippen LogP contribution is 2.36. The van der Waals surface area contributed by atoms with Crippen LogP contribution in [-0.2, 0) is 4.43 Å². The fraction of sp³-hybridized carbons (Fsp3) is 0.667. The lowest BCUT2D eigenvalue weighted by Crippen LogP contribution is -2.40. The van der Waals surface area contributed by atoms with Crippen LogP contribution in [0, 0.1) is 0 Å². The van der Waals surface area contributed by atoms with Crippen LogP contribution in [0.15, 0.2) is 22.7 Å². The molecule has 0 aliphatic carbocycles. The Hall–Kier alpha value is 0.137.